The third-order valence-electron chi connectivity index (χ3n) is 6.94. The van der Waals surface area contributed by atoms with Gasteiger partial charge in [0, 0.05) is 0 Å². The van der Waals surface area contributed by atoms with Crippen LogP contribution in [0.2, 0.25) is 13.1 Å². The van der Waals surface area contributed by atoms with E-state index in [1.807, 2.05) is 14.6 Å². The van der Waals surface area contributed by atoms with Crippen LogP contribution in [-0.4, -0.2) is 5.43 Å². The molecule has 2 aliphatic carbocycles. The summed E-state index contributed by atoms with van der Waals surface area (Å²) in [5.74, 6) is 0.666. The molecule has 0 nitrogen and oxygen atoms in total. The van der Waals surface area contributed by atoms with Crippen molar-refractivity contribution in [1.82, 2.24) is 0 Å². The minimum absolute atomic E-state index is 0.335. The molecule has 0 spiro atoms. The van der Waals surface area contributed by atoms with E-state index in [9.17, 15) is 0 Å². The molecule has 0 amide bonds. The molecule has 0 bridgehead atoms. The van der Waals surface area contributed by atoms with E-state index in [0.29, 0.717) is 9.54 Å². The molecular formula is C25H30SSiZr. The number of allylic oxidation sites excluding steroid dienone is 5. The molecule has 1 aromatic carbocycles. The number of rotatable bonds is 3. The van der Waals surface area contributed by atoms with E-state index < -0.39 is 20.4 Å². The Hall–Kier alpha value is -0.760. The quantitative estimate of drug-likeness (QED) is 0.393. The molecule has 0 radical (unpaired) electrons. The maximum atomic E-state index is 2.61. The van der Waals surface area contributed by atoms with Gasteiger partial charge in [-0.25, -0.2) is 0 Å². The Balaban J connectivity index is 1.96. The van der Waals surface area contributed by atoms with Gasteiger partial charge in [-0.1, -0.05) is 0 Å². The molecule has 2 atom stereocenters. The van der Waals surface area contributed by atoms with Gasteiger partial charge in [0.05, 0.1) is 0 Å². The van der Waals surface area contributed by atoms with Crippen LogP contribution in [0.15, 0.2) is 66.7 Å². The normalized spacial score (nSPS) is 21.7. The van der Waals surface area contributed by atoms with Crippen molar-refractivity contribution in [2.45, 2.75) is 51.3 Å². The van der Waals surface area contributed by atoms with Crippen molar-refractivity contribution >= 4 is 22.3 Å². The fourth-order valence-corrected chi connectivity index (χ4v) is 26.5. The van der Waals surface area contributed by atoms with Gasteiger partial charge in [-0.05, 0) is 0 Å². The van der Waals surface area contributed by atoms with Gasteiger partial charge in [-0.3, -0.25) is 0 Å². The summed E-state index contributed by atoms with van der Waals surface area (Å²) in [6.07, 6.45) is 0. The van der Waals surface area contributed by atoms with Gasteiger partial charge in [0.1, 0.15) is 0 Å². The number of hydrogen-bond acceptors (Lipinski definition) is 1. The number of benzene rings is 1. The van der Waals surface area contributed by atoms with Crippen LogP contribution in [0.25, 0.3) is 5.57 Å². The van der Waals surface area contributed by atoms with Gasteiger partial charge >= 0.3 is 183 Å². The average molecular weight is 482 g/mol. The van der Waals surface area contributed by atoms with E-state index >= 15 is 0 Å². The van der Waals surface area contributed by atoms with Crippen LogP contribution in [0, 0.1) is 5.92 Å². The van der Waals surface area contributed by atoms with Crippen molar-refractivity contribution < 1.29 is 20.4 Å². The molecular weight excluding hydrogens is 452 g/mol. The van der Waals surface area contributed by atoms with Gasteiger partial charge < -0.3 is 0 Å². The maximum absolute atomic E-state index is 2.61. The van der Waals surface area contributed by atoms with Crippen LogP contribution >= 0.6 is 11.3 Å². The fraction of sp³-hybridized carbons (Fsp3) is 0.360. The summed E-state index contributed by atoms with van der Waals surface area (Å²) in [5, 5.41) is 4.56. The topological polar surface area (TPSA) is 0 Å². The molecule has 0 aliphatic heterocycles. The van der Waals surface area contributed by atoms with Gasteiger partial charge in [0.2, 0.25) is 0 Å². The Morgan fingerprint density at radius 2 is 1.64 bits per heavy atom. The van der Waals surface area contributed by atoms with E-state index in [-0.39, 0.29) is 5.43 Å². The molecule has 0 saturated heterocycles. The molecule has 2 unspecified atom stereocenters. The summed E-state index contributed by atoms with van der Waals surface area (Å²) in [7, 11) is 0. The molecule has 1 heterocycles. The molecule has 0 fully saturated rings. The van der Waals surface area contributed by atoms with Crippen molar-refractivity contribution in [2.24, 2.45) is 5.92 Å². The minimum atomic E-state index is -1.91. The van der Waals surface area contributed by atoms with Crippen LogP contribution in [0.3, 0.4) is 0 Å². The molecule has 144 valence electrons. The number of thiophene rings is 1. The fourth-order valence-electron chi connectivity index (χ4n) is 5.24. The summed E-state index contributed by atoms with van der Waals surface area (Å²) in [6, 6.07) is 11.6. The molecule has 0 N–H and O–H groups in total. The number of hydrogen-bond donors (Lipinski definition) is 0. The van der Waals surface area contributed by atoms with Gasteiger partial charge in [-0.15, -0.1) is 0 Å². The van der Waals surface area contributed by atoms with Crippen LogP contribution < -0.4 is 0 Å². The van der Waals surface area contributed by atoms with E-state index in [2.05, 4.69) is 88.8 Å². The zero-order valence-electron chi connectivity index (χ0n) is 18.1. The first-order valence-electron chi connectivity index (χ1n) is 10.2. The molecule has 1 aromatic heterocycles. The Labute approximate surface area is 182 Å². The predicted molar refractivity (Wildman–Crippen MR) is 123 cm³/mol. The standard InChI is InChI=1S/C14H11S.C9H13.C2H6Si.Zr/c1-10-8-11-4-2-3-5-13(11)14(10)12-6-7-15-9-12;1-6-5-7(2)9(4)8(6)3;1-3-2;/h2-9H,1H3;6H,1-4H3;1-2H3;. The Morgan fingerprint density at radius 1 is 0.929 bits per heavy atom. The zero-order chi connectivity index (χ0) is 20.2. The predicted octanol–water partition coefficient (Wildman–Crippen LogP) is 7.75. The second-order valence-electron chi connectivity index (χ2n) is 8.57. The Bertz CT molecular complexity index is 1080. The third kappa shape index (κ3) is 3.09. The molecule has 28 heavy (non-hydrogen) atoms. The van der Waals surface area contributed by atoms with Crippen molar-refractivity contribution in [3.63, 3.8) is 0 Å². The van der Waals surface area contributed by atoms with E-state index in [1.165, 1.54) is 16.7 Å². The summed E-state index contributed by atoms with van der Waals surface area (Å²) in [4.78, 5) is 0. The summed E-state index contributed by atoms with van der Waals surface area (Å²) in [5.41, 5.74) is 12.3. The van der Waals surface area contributed by atoms with Crippen LogP contribution in [-0.2, 0) is 20.4 Å². The van der Waals surface area contributed by atoms with E-state index in [1.54, 1.807) is 27.9 Å². The zero-order valence-corrected chi connectivity index (χ0v) is 22.4. The SMILES string of the molecule is CC1=C(C)C(C)[C]([Zr]([CH]2C(C)=C(c3ccsc3)c3ccccc32)=[Si](C)C)=C1C. The van der Waals surface area contributed by atoms with E-state index in [0.717, 1.165) is 0 Å². The Morgan fingerprint density at radius 3 is 2.21 bits per heavy atom. The number of fused-ring (bicyclic) bond motifs is 1. The second-order valence-corrected chi connectivity index (χ2v) is 26.7. The third-order valence-corrected chi connectivity index (χ3v) is 26.6. The molecule has 2 aliphatic rings. The first-order chi connectivity index (χ1) is 13.3. The molecule has 3 heteroatoms. The van der Waals surface area contributed by atoms with Crippen molar-refractivity contribution in [3.05, 3.63) is 83.4 Å². The summed E-state index contributed by atoms with van der Waals surface area (Å²) >= 11 is -0.0882. The van der Waals surface area contributed by atoms with Crippen molar-refractivity contribution in [1.29, 1.82) is 0 Å². The van der Waals surface area contributed by atoms with Gasteiger partial charge in [0.15, 0.2) is 0 Å². The Kier molecular flexibility index (Phi) is 5.73. The summed E-state index contributed by atoms with van der Waals surface area (Å²) < 4.78 is 2.63. The van der Waals surface area contributed by atoms with Crippen molar-refractivity contribution in [2.75, 3.05) is 0 Å². The van der Waals surface area contributed by atoms with E-state index in [4.69, 9.17) is 0 Å². The van der Waals surface area contributed by atoms with Gasteiger partial charge in [-0.2, -0.15) is 0 Å². The second kappa shape index (κ2) is 7.82. The molecule has 4 rings (SSSR count). The molecule has 2 aromatic rings. The van der Waals surface area contributed by atoms with Crippen LogP contribution in [0.1, 0.15) is 54.9 Å². The first-order valence-corrected chi connectivity index (χ1v) is 20.0. The summed E-state index contributed by atoms with van der Waals surface area (Å²) in [6.45, 7) is 17.3. The van der Waals surface area contributed by atoms with Gasteiger partial charge in [0.25, 0.3) is 0 Å². The van der Waals surface area contributed by atoms with Crippen molar-refractivity contribution in [3.8, 4) is 0 Å². The van der Waals surface area contributed by atoms with Crippen LogP contribution in [0.4, 0.5) is 0 Å². The average Bonchev–Trinajstić information content (AvgIpc) is 3.33. The van der Waals surface area contributed by atoms with Crippen LogP contribution in [0.5, 0.6) is 0 Å². The monoisotopic (exact) mass is 480 g/mol. The first kappa shape index (κ1) is 20.5. The molecule has 0 saturated carbocycles.